The van der Waals surface area contributed by atoms with Crippen LogP contribution >= 0.6 is 0 Å². The van der Waals surface area contributed by atoms with Crippen molar-refractivity contribution in [2.24, 2.45) is 5.41 Å². The average molecular weight is 214 g/mol. The van der Waals surface area contributed by atoms with E-state index in [-0.39, 0.29) is 5.41 Å². The lowest BCUT2D eigenvalue weighted by molar-refractivity contribution is 0.329. The van der Waals surface area contributed by atoms with Gasteiger partial charge in [0.15, 0.2) is 0 Å². The summed E-state index contributed by atoms with van der Waals surface area (Å²) in [5.41, 5.74) is 1.53. The molecule has 86 valence electrons. The third-order valence-electron chi connectivity index (χ3n) is 3.64. The van der Waals surface area contributed by atoms with E-state index in [2.05, 4.69) is 63.4 Å². The van der Waals surface area contributed by atoms with Crippen molar-refractivity contribution in [1.29, 1.82) is 0 Å². The Hall–Kier alpha value is -1.30. The Labute approximate surface area is 99.7 Å². The molecule has 0 aliphatic carbocycles. The summed E-state index contributed by atoms with van der Waals surface area (Å²) >= 11 is 0. The van der Waals surface area contributed by atoms with Crippen molar-refractivity contribution in [1.82, 2.24) is 0 Å². The quantitative estimate of drug-likeness (QED) is 0.588. The van der Waals surface area contributed by atoms with E-state index in [4.69, 9.17) is 0 Å². The third kappa shape index (κ3) is 2.85. The molecule has 0 heteroatoms. The predicted molar refractivity (Wildman–Crippen MR) is 72.6 cm³/mol. The average Bonchev–Trinajstić information content (AvgIpc) is 2.36. The highest BCUT2D eigenvalue weighted by Crippen LogP contribution is 2.40. The van der Waals surface area contributed by atoms with Crippen LogP contribution in [0.1, 0.15) is 38.2 Å². The van der Waals surface area contributed by atoms with E-state index in [1.165, 1.54) is 5.56 Å². The first kappa shape index (κ1) is 12.8. The molecular weight excluding hydrogens is 192 g/mol. The van der Waals surface area contributed by atoms with Crippen molar-refractivity contribution >= 4 is 0 Å². The summed E-state index contributed by atoms with van der Waals surface area (Å²) in [6.07, 6.45) is 6.23. The van der Waals surface area contributed by atoms with Crippen LogP contribution in [0.25, 0.3) is 0 Å². The van der Waals surface area contributed by atoms with E-state index >= 15 is 0 Å². The molecular formula is C16H22. The maximum Gasteiger partial charge on any atom is -0.00803 e. The Kier molecular flexibility index (Phi) is 4.54. The molecule has 0 nitrogen and oxygen atoms in total. The van der Waals surface area contributed by atoms with Crippen molar-refractivity contribution in [2.75, 3.05) is 0 Å². The Balaban J connectivity index is 2.87. The SMILES string of the molecule is C=CCC[C@@](C)(C=C)[C@H](C)c1ccccc1. The van der Waals surface area contributed by atoms with Gasteiger partial charge in [-0.15, -0.1) is 13.2 Å². The van der Waals surface area contributed by atoms with E-state index in [1.807, 2.05) is 6.08 Å². The van der Waals surface area contributed by atoms with Crippen molar-refractivity contribution < 1.29 is 0 Å². The molecule has 0 aromatic heterocycles. The van der Waals surface area contributed by atoms with Crippen LogP contribution in [0.3, 0.4) is 0 Å². The Morgan fingerprint density at radius 3 is 2.38 bits per heavy atom. The number of rotatable bonds is 6. The molecule has 0 spiro atoms. The molecule has 0 saturated carbocycles. The molecule has 0 amide bonds. The van der Waals surface area contributed by atoms with Crippen LogP contribution in [0.5, 0.6) is 0 Å². The summed E-state index contributed by atoms with van der Waals surface area (Å²) < 4.78 is 0. The fourth-order valence-corrected chi connectivity index (χ4v) is 2.03. The highest BCUT2D eigenvalue weighted by atomic mass is 14.3. The zero-order valence-corrected chi connectivity index (χ0v) is 10.4. The van der Waals surface area contributed by atoms with Crippen molar-refractivity contribution in [3.8, 4) is 0 Å². The molecule has 0 heterocycles. The van der Waals surface area contributed by atoms with Crippen molar-refractivity contribution in [3.63, 3.8) is 0 Å². The topological polar surface area (TPSA) is 0 Å². The maximum absolute atomic E-state index is 4.00. The van der Waals surface area contributed by atoms with Crippen LogP contribution in [0.15, 0.2) is 55.6 Å². The Morgan fingerprint density at radius 1 is 1.25 bits per heavy atom. The van der Waals surface area contributed by atoms with Gasteiger partial charge in [0.2, 0.25) is 0 Å². The molecule has 0 bridgehead atoms. The molecule has 1 aromatic carbocycles. The number of hydrogen-bond donors (Lipinski definition) is 0. The standard InChI is InChI=1S/C16H22/c1-5-7-13-16(4,6-2)14(3)15-11-9-8-10-12-15/h5-6,8-12,14H,1-2,7,13H2,3-4H3/t14-,16-/m1/s1. The maximum atomic E-state index is 4.00. The second-order valence-corrected chi connectivity index (χ2v) is 4.67. The fraction of sp³-hybridized carbons (Fsp3) is 0.375. The van der Waals surface area contributed by atoms with Crippen molar-refractivity contribution in [2.45, 2.75) is 32.6 Å². The molecule has 0 aliphatic rings. The molecule has 2 atom stereocenters. The summed E-state index contributed by atoms with van der Waals surface area (Å²) in [6, 6.07) is 10.7. The smallest absolute Gasteiger partial charge is 0.00803 e. The first-order valence-corrected chi connectivity index (χ1v) is 5.93. The van der Waals surface area contributed by atoms with E-state index in [1.54, 1.807) is 0 Å². The minimum absolute atomic E-state index is 0.148. The van der Waals surface area contributed by atoms with Gasteiger partial charge >= 0.3 is 0 Å². The third-order valence-corrected chi connectivity index (χ3v) is 3.64. The minimum atomic E-state index is 0.148. The first-order chi connectivity index (χ1) is 7.64. The molecule has 0 saturated heterocycles. The van der Waals surface area contributed by atoms with E-state index in [0.717, 1.165) is 12.8 Å². The molecule has 0 unspecified atom stereocenters. The summed E-state index contributed by atoms with van der Waals surface area (Å²) in [5, 5.41) is 0. The van der Waals surface area contributed by atoms with Gasteiger partial charge in [-0.1, -0.05) is 56.3 Å². The van der Waals surface area contributed by atoms with Gasteiger partial charge in [-0.25, -0.2) is 0 Å². The van der Waals surface area contributed by atoms with Crippen LogP contribution < -0.4 is 0 Å². The van der Waals surface area contributed by atoms with Gasteiger partial charge in [-0.2, -0.15) is 0 Å². The summed E-state index contributed by atoms with van der Waals surface area (Å²) in [4.78, 5) is 0. The number of allylic oxidation sites excluding steroid dienone is 2. The van der Waals surface area contributed by atoms with Gasteiger partial charge < -0.3 is 0 Å². The molecule has 0 fully saturated rings. The van der Waals surface area contributed by atoms with Crippen LogP contribution in [0.2, 0.25) is 0 Å². The predicted octanol–water partition coefficient (Wildman–Crippen LogP) is 4.95. The Morgan fingerprint density at radius 2 is 1.88 bits per heavy atom. The lowest BCUT2D eigenvalue weighted by Crippen LogP contribution is -2.21. The zero-order valence-electron chi connectivity index (χ0n) is 10.4. The molecule has 0 aliphatic heterocycles. The van der Waals surface area contributed by atoms with E-state index < -0.39 is 0 Å². The lowest BCUT2D eigenvalue weighted by Gasteiger charge is -2.33. The lowest BCUT2D eigenvalue weighted by atomic mass is 9.72. The fourth-order valence-electron chi connectivity index (χ4n) is 2.03. The molecule has 1 rings (SSSR count). The van der Waals surface area contributed by atoms with Crippen LogP contribution in [0.4, 0.5) is 0 Å². The van der Waals surface area contributed by atoms with Crippen molar-refractivity contribution in [3.05, 3.63) is 61.2 Å². The molecule has 0 N–H and O–H groups in total. The molecule has 16 heavy (non-hydrogen) atoms. The second-order valence-electron chi connectivity index (χ2n) is 4.67. The van der Waals surface area contributed by atoms with Crippen LogP contribution in [-0.2, 0) is 0 Å². The van der Waals surface area contributed by atoms with Gasteiger partial charge in [0.05, 0.1) is 0 Å². The summed E-state index contributed by atoms with van der Waals surface area (Å²) in [5.74, 6) is 0.492. The number of hydrogen-bond acceptors (Lipinski definition) is 0. The largest absolute Gasteiger partial charge is 0.103 e. The molecule has 0 radical (unpaired) electrons. The van der Waals surface area contributed by atoms with E-state index in [9.17, 15) is 0 Å². The first-order valence-electron chi connectivity index (χ1n) is 5.93. The van der Waals surface area contributed by atoms with Gasteiger partial charge in [0, 0.05) is 0 Å². The minimum Gasteiger partial charge on any atom is -0.103 e. The van der Waals surface area contributed by atoms with Gasteiger partial charge in [-0.05, 0) is 29.7 Å². The normalized spacial score (nSPS) is 16.1. The van der Waals surface area contributed by atoms with Crippen LogP contribution in [0, 0.1) is 5.41 Å². The Bertz CT molecular complexity index is 336. The summed E-state index contributed by atoms with van der Waals surface area (Å²) in [7, 11) is 0. The highest BCUT2D eigenvalue weighted by Gasteiger charge is 2.27. The van der Waals surface area contributed by atoms with E-state index in [0.29, 0.717) is 5.92 Å². The second kappa shape index (κ2) is 5.69. The van der Waals surface area contributed by atoms with Gasteiger partial charge in [0.1, 0.15) is 0 Å². The van der Waals surface area contributed by atoms with Gasteiger partial charge in [-0.3, -0.25) is 0 Å². The van der Waals surface area contributed by atoms with Crippen LogP contribution in [-0.4, -0.2) is 0 Å². The monoisotopic (exact) mass is 214 g/mol. The zero-order chi connectivity index (χ0) is 12.0. The van der Waals surface area contributed by atoms with Gasteiger partial charge in [0.25, 0.3) is 0 Å². The number of benzene rings is 1. The molecule has 1 aromatic rings. The summed E-state index contributed by atoms with van der Waals surface area (Å²) in [6.45, 7) is 12.4. The highest BCUT2D eigenvalue weighted by molar-refractivity contribution is 5.23.